The lowest BCUT2D eigenvalue weighted by Gasteiger charge is -2.71. The molecule has 0 spiro atoms. The maximum atomic E-state index is 13.1. The lowest BCUT2D eigenvalue weighted by molar-refractivity contribution is -0.363. The van der Waals surface area contributed by atoms with Crippen LogP contribution in [0.25, 0.3) is 0 Å². The van der Waals surface area contributed by atoms with Crippen LogP contribution in [0.15, 0.2) is 11.6 Å². The molecule has 6 fully saturated rings. The van der Waals surface area contributed by atoms with Crippen molar-refractivity contribution in [1.82, 2.24) is 0 Å². The van der Waals surface area contributed by atoms with Gasteiger partial charge in [0.15, 0.2) is 18.4 Å². The van der Waals surface area contributed by atoms with E-state index in [9.17, 15) is 45.3 Å². The van der Waals surface area contributed by atoms with E-state index in [0.29, 0.717) is 25.2 Å². The number of fused-ring (bicyclic) bond motifs is 7. The van der Waals surface area contributed by atoms with Crippen LogP contribution in [0.4, 0.5) is 0 Å². The number of ether oxygens (including phenoxy) is 4. The molecule has 4 saturated carbocycles. The summed E-state index contributed by atoms with van der Waals surface area (Å²) >= 11 is 0. The second-order valence-electron chi connectivity index (χ2n) is 20.1. The van der Waals surface area contributed by atoms with E-state index >= 15 is 0 Å². The number of carboxylic acids is 1. The van der Waals surface area contributed by atoms with Gasteiger partial charge in [0.1, 0.15) is 43.2 Å². The number of rotatable bonds is 6. The normalized spacial score (nSPS) is 52.6. The standard InChI is InChI=1S/C41H64O13/c1-36(2)16-21-20-8-9-25-38(5)12-11-27(53-34-32(30(47)29(46)23(18-42)52-34)54-33-31(48)28(45)22(43)19-51-33)37(3,4)24(38)10-13-40(25,7)39(20,6)14-15-41(21,35(49)50)17-26(36)44/h8,21,23-34,42,44-48H,9-19H2,1-7H3,(H,49,50). The first-order valence-electron chi connectivity index (χ1n) is 20.1. The first kappa shape index (κ1) is 40.7. The largest absolute Gasteiger partial charge is 0.481 e. The Morgan fingerprint density at radius 2 is 1.56 bits per heavy atom. The summed E-state index contributed by atoms with van der Waals surface area (Å²) in [6, 6.07) is 0. The number of aliphatic hydroxyl groups is 6. The fourth-order valence-corrected chi connectivity index (χ4v) is 13.3. The zero-order valence-electron chi connectivity index (χ0n) is 32.9. The van der Waals surface area contributed by atoms with E-state index in [0.717, 1.165) is 32.1 Å². The highest BCUT2D eigenvalue weighted by atomic mass is 16.8. The third kappa shape index (κ3) is 5.76. The van der Waals surface area contributed by atoms with E-state index in [4.69, 9.17) is 18.9 Å². The van der Waals surface area contributed by atoms with Crippen molar-refractivity contribution in [1.29, 1.82) is 0 Å². The minimum Gasteiger partial charge on any atom is -0.481 e. The molecule has 13 nitrogen and oxygen atoms in total. The zero-order valence-corrected chi connectivity index (χ0v) is 32.9. The van der Waals surface area contributed by atoms with E-state index in [2.05, 4.69) is 54.5 Å². The fourth-order valence-electron chi connectivity index (χ4n) is 13.3. The molecule has 17 unspecified atom stereocenters. The summed E-state index contributed by atoms with van der Waals surface area (Å²) in [5, 5.41) is 74.5. The summed E-state index contributed by atoms with van der Waals surface area (Å²) in [7, 11) is 0. The molecule has 17 atom stereocenters. The van der Waals surface area contributed by atoms with Crippen molar-refractivity contribution in [3.8, 4) is 0 Å². The Labute approximate surface area is 318 Å². The van der Waals surface area contributed by atoms with Crippen LogP contribution in [0.2, 0.25) is 0 Å². The summed E-state index contributed by atoms with van der Waals surface area (Å²) in [5.74, 6) is -1.07. The molecular formula is C41H64O13. The number of ketones is 1. The summed E-state index contributed by atoms with van der Waals surface area (Å²) in [6.07, 6.45) is -4.08. The third-order valence-electron chi connectivity index (χ3n) is 16.9. The van der Waals surface area contributed by atoms with E-state index < -0.39 is 91.1 Å². The molecule has 54 heavy (non-hydrogen) atoms. The number of carboxylic acid groups (broad SMARTS) is 1. The fraction of sp³-hybridized carbons (Fsp3) is 0.902. The Hall–Kier alpha value is -1.52. The van der Waals surface area contributed by atoms with Crippen LogP contribution in [0.1, 0.15) is 106 Å². The Kier molecular flexibility index (Phi) is 10.2. The molecule has 0 aromatic carbocycles. The highest BCUT2D eigenvalue weighted by molar-refractivity contribution is 5.85. The van der Waals surface area contributed by atoms with Gasteiger partial charge in [-0.3, -0.25) is 9.59 Å². The topological polar surface area (TPSA) is 213 Å². The van der Waals surface area contributed by atoms with Crippen molar-refractivity contribution in [2.24, 2.45) is 50.2 Å². The summed E-state index contributed by atoms with van der Waals surface area (Å²) in [6.45, 7) is 14.7. The molecule has 0 aromatic rings. The predicted molar refractivity (Wildman–Crippen MR) is 192 cm³/mol. The van der Waals surface area contributed by atoms with Crippen LogP contribution in [0, 0.1) is 50.2 Å². The Bertz CT molecular complexity index is 1510. The van der Waals surface area contributed by atoms with Gasteiger partial charge < -0.3 is 54.7 Å². The third-order valence-corrected chi connectivity index (χ3v) is 16.9. The van der Waals surface area contributed by atoms with Gasteiger partial charge in [-0.1, -0.05) is 60.1 Å². The zero-order chi connectivity index (χ0) is 39.6. The predicted octanol–water partition coefficient (Wildman–Crippen LogP) is 2.70. The van der Waals surface area contributed by atoms with Crippen LogP contribution in [-0.4, -0.2) is 122 Å². The Morgan fingerprint density at radius 1 is 0.852 bits per heavy atom. The van der Waals surface area contributed by atoms with Gasteiger partial charge in [-0.2, -0.15) is 0 Å². The van der Waals surface area contributed by atoms with Crippen molar-refractivity contribution in [3.63, 3.8) is 0 Å². The van der Waals surface area contributed by atoms with E-state index in [-0.39, 0.29) is 46.0 Å². The Balaban J connectivity index is 1.15. The quantitative estimate of drug-likeness (QED) is 0.153. The van der Waals surface area contributed by atoms with Crippen LogP contribution in [-0.2, 0) is 28.5 Å². The average Bonchev–Trinajstić information content (AvgIpc) is 3.09. The first-order valence-corrected chi connectivity index (χ1v) is 20.1. The van der Waals surface area contributed by atoms with Gasteiger partial charge in [0.25, 0.3) is 0 Å². The summed E-state index contributed by atoms with van der Waals surface area (Å²) in [5.41, 5.74) is -0.804. The highest BCUT2D eigenvalue weighted by Crippen LogP contribution is 2.76. The molecule has 7 aliphatic rings. The molecule has 2 saturated heterocycles. The monoisotopic (exact) mass is 764 g/mol. The molecule has 0 bridgehead atoms. The lowest BCUT2D eigenvalue weighted by atomic mass is 9.33. The van der Waals surface area contributed by atoms with Crippen molar-refractivity contribution >= 4 is 11.8 Å². The van der Waals surface area contributed by atoms with Gasteiger partial charge >= 0.3 is 5.97 Å². The summed E-state index contributed by atoms with van der Waals surface area (Å²) < 4.78 is 24.1. The van der Waals surface area contributed by atoms with Crippen LogP contribution in [0.5, 0.6) is 0 Å². The number of aliphatic hydroxyl groups excluding tert-OH is 6. The first-order chi connectivity index (χ1) is 25.1. The minimum absolute atomic E-state index is 0.0796. The van der Waals surface area contributed by atoms with Crippen LogP contribution >= 0.6 is 0 Å². The number of carbonyl (C=O) groups excluding carboxylic acids is 1. The molecular weight excluding hydrogens is 700 g/mol. The number of hydrogen-bond acceptors (Lipinski definition) is 12. The molecule has 0 radical (unpaired) electrons. The van der Waals surface area contributed by atoms with Crippen LogP contribution < -0.4 is 0 Å². The minimum atomic E-state index is -1.74. The van der Waals surface area contributed by atoms with Gasteiger partial charge in [0.2, 0.25) is 0 Å². The molecule has 7 rings (SSSR count). The van der Waals surface area contributed by atoms with E-state index in [1.165, 1.54) is 5.57 Å². The van der Waals surface area contributed by atoms with Crippen molar-refractivity contribution < 1.29 is 64.3 Å². The highest BCUT2D eigenvalue weighted by Gasteiger charge is 2.70. The van der Waals surface area contributed by atoms with Crippen molar-refractivity contribution in [3.05, 3.63) is 11.6 Å². The molecule has 5 aliphatic carbocycles. The van der Waals surface area contributed by atoms with E-state index in [1.807, 2.05) is 0 Å². The van der Waals surface area contributed by atoms with Crippen LogP contribution in [0.3, 0.4) is 0 Å². The second kappa shape index (κ2) is 13.5. The summed E-state index contributed by atoms with van der Waals surface area (Å²) in [4.78, 5) is 25.0. The second-order valence-corrected chi connectivity index (χ2v) is 20.1. The Morgan fingerprint density at radius 3 is 2.22 bits per heavy atom. The maximum absolute atomic E-state index is 13.1. The van der Waals surface area contributed by atoms with Gasteiger partial charge in [-0.05, 0) is 103 Å². The number of allylic oxidation sites excluding steroid dienone is 2. The van der Waals surface area contributed by atoms with Gasteiger partial charge in [0.05, 0.1) is 24.2 Å². The SMILES string of the molecule is CC1(C)CC2C3=CCC4C5(C)CCC(OC6OC(CO)C(O)C(O)C6OC6OCC(=O)C(O)C6O)C(C)(C)C5CCC4(C)C3(C)CCC2(C(=O)O)CC1O. The number of hydrogen-bond donors (Lipinski definition) is 7. The average molecular weight is 765 g/mol. The molecule has 0 amide bonds. The van der Waals surface area contributed by atoms with Crippen molar-refractivity contribution in [2.45, 2.75) is 168 Å². The maximum Gasteiger partial charge on any atom is 0.310 e. The van der Waals surface area contributed by atoms with Gasteiger partial charge in [-0.15, -0.1) is 0 Å². The van der Waals surface area contributed by atoms with Crippen molar-refractivity contribution in [2.75, 3.05) is 13.2 Å². The molecule has 2 aliphatic heterocycles. The smallest absolute Gasteiger partial charge is 0.310 e. The number of aliphatic carboxylic acids is 1. The van der Waals surface area contributed by atoms with Gasteiger partial charge in [-0.25, -0.2) is 0 Å². The number of carbonyl (C=O) groups is 2. The molecule has 306 valence electrons. The molecule has 7 N–H and O–H groups in total. The molecule has 2 heterocycles. The lowest BCUT2D eigenvalue weighted by Crippen LogP contribution is -2.67. The van der Waals surface area contributed by atoms with E-state index in [1.54, 1.807) is 0 Å². The number of Topliss-reactive ketones (excluding diaryl/α,β-unsaturated/α-hetero) is 1. The molecule has 0 aromatic heterocycles. The van der Waals surface area contributed by atoms with Gasteiger partial charge in [0, 0.05) is 0 Å². The molecule has 13 heteroatoms.